The third kappa shape index (κ3) is 3.89. The molecule has 11 nitrogen and oxygen atoms in total. The van der Waals surface area contributed by atoms with E-state index in [0.29, 0.717) is 19.4 Å². The third-order valence-corrected chi connectivity index (χ3v) is 4.99. The molecule has 4 N–H and O–H groups in total. The fourth-order valence-corrected chi connectivity index (χ4v) is 3.17. The van der Waals surface area contributed by atoms with E-state index in [1.807, 2.05) is 6.92 Å². The highest BCUT2D eigenvalue weighted by Crippen LogP contribution is 2.37. The van der Waals surface area contributed by atoms with Crippen LogP contribution >= 0.6 is 0 Å². The molecule has 0 unspecified atom stereocenters. The van der Waals surface area contributed by atoms with Crippen LogP contribution < -0.4 is 11.2 Å². The average Bonchev–Trinajstić information content (AvgIpc) is 2.94. The fourth-order valence-electron chi connectivity index (χ4n) is 3.17. The summed E-state index contributed by atoms with van der Waals surface area (Å²) in [7, 11) is 0. The SMILES string of the molecule is CCCOC1(C(=O)ONc2ccn([C@@H]3O[C@H](CO)[C@@H](O)[C@H]3O)c(=O)n2)CCC1. The number of hydrogen-bond donors (Lipinski definition) is 4. The van der Waals surface area contributed by atoms with Gasteiger partial charge in [0.2, 0.25) is 0 Å². The summed E-state index contributed by atoms with van der Waals surface area (Å²) in [6.07, 6.45) is -0.845. The van der Waals surface area contributed by atoms with E-state index in [1.54, 1.807) is 0 Å². The number of nitrogens with zero attached hydrogens (tertiary/aromatic N) is 2. The molecule has 28 heavy (non-hydrogen) atoms. The Hall–Kier alpha value is -2.05. The summed E-state index contributed by atoms with van der Waals surface area (Å²) in [5.74, 6) is -0.576. The number of nitrogens with one attached hydrogen (secondary N) is 1. The Bertz CT molecular complexity index is 750. The van der Waals surface area contributed by atoms with E-state index in [4.69, 9.17) is 19.4 Å². The van der Waals surface area contributed by atoms with Gasteiger partial charge in [-0.15, -0.1) is 0 Å². The van der Waals surface area contributed by atoms with Gasteiger partial charge in [0.1, 0.15) is 18.3 Å². The van der Waals surface area contributed by atoms with E-state index in [9.17, 15) is 19.8 Å². The van der Waals surface area contributed by atoms with Crippen LogP contribution in [0, 0.1) is 0 Å². The van der Waals surface area contributed by atoms with Gasteiger partial charge < -0.3 is 29.6 Å². The number of aliphatic hydroxyl groups excluding tert-OH is 3. The highest BCUT2D eigenvalue weighted by molar-refractivity contribution is 5.81. The second-order valence-corrected chi connectivity index (χ2v) is 6.92. The number of anilines is 1. The Morgan fingerprint density at radius 2 is 2.18 bits per heavy atom. The van der Waals surface area contributed by atoms with Crippen molar-refractivity contribution in [1.82, 2.24) is 9.55 Å². The van der Waals surface area contributed by atoms with Crippen molar-refractivity contribution >= 4 is 11.8 Å². The van der Waals surface area contributed by atoms with Crippen LogP contribution in [0.5, 0.6) is 0 Å². The van der Waals surface area contributed by atoms with Crippen molar-refractivity contribution in [3.05, 3.63) is 22.7 Å². The number of aliphatic hydroxyl groups is 3. The van der Waals surface area contributed by atoms with Crippen molar-refractivity contribution in [2.75, 3.05) is 18.7 Å². The first-order valence-electron chi connectivity index (χ1n) is 9.25. The molecule has 4 atom stereocenters. The van der Waals surface area contributed by atoms with Gasteiger partial charge in [-0.25, -0.2) is 15.1 Å². The van der Waals surface area contributed by atoms with E-state index in [-0.39, 0.29) is 5.82 Å². The lowest BCUT2D eigenvalue weighted by atomic mass is 9.80. The van der Waals surface area contributed by atoms with Gasteiger partial charge in [-0.3, -0.25) is 4.57 Å². The third-order valence-electron chi connectivity index (χ3n) is 4.99. The van der Waals surface area contributed by atoms with Gasteiger partial charge >= 0.3 is 11.7 Å². The van der Waals surface area contributed by atoms with Gasteiger partial charge in [0, 0.05) is 18.9 Å². The van der Waals surface area contributed by atoms with Crippen LogP contribution in [0.2, 0.25) is 0 Å². The number of rotatable bonds is 8. The van der Waals surface area contributed by atoms with E-state index < -0.39 is 48.4 Å². The largest absolute Gasteiger partial charge is 0.394 e. The second-order valence-electron chi connectivity index (χ2n) is 6.92. The van der Waals surface area contributed by atoms with Crippen LogP contribution in [-0.4, -0.2) is 68.0 Å². The maximum atomic E-state index is 12.3. The van der Waals surface area contributed by atoms with Crippen molar-refractivity contribution in [1.29, 1.82) is 0 Å². The highest BCUT2D eigenvalue weighted by Gasteiger charge is 2.47. The van der Waals surface area contributed by atoms with E-state index >= 15 is 0 Å². The molecule has 1 saturated heterocycles. The van der Waals surface area contributed by atoms with E-state index in [2.05, 4.69) is 10.5 Å². The number of carbonyl (C=O) groups excluding carboxylic acids is 1. The van der Waals surface area contributed by atoms with Crippen molar-refractivity contribution in [2.45, 2.75) is 62.7 Å². The Labute approximate surface area is 160 Å². The Morgan fingerprint density at radius 1 is 1.43 bits per heavy atom. The number of aromatic nitrogens is 2. The van der Waals surface area contributed by atoms with Crippen LogP contribution in [0.25, 0.3) is 0 Å². The van der Waals surface area contributed by atoms with Crippen LogP contribution in [0.15, 0.2) is 17.1 Å². The average molecular weight is 399 g/mol. The minimum atomic E-state index is -1.40. The zero-order valence-corrected chi connectivity index (χ0v) is 15.5. The van der Waals surface area contributed by atoms with Crippen molar-refractivity contribution in [3.63, 3.8) is 0 Å². The smallest absolute Gasteiger partial charge is 0.363 e. The first kappa shape index (κ1) is 20.7. The molecule has 2 heterocycles. The summed E-state index contributed by atoms with van der Waals surface area (Å²) in [5, 5.41) is 28.9. The lowest BCUT2D eigenvalue weighted by molar-refractivity contribution is -0.182. The summed E-state index contributed by atoms with van der Waals surface area (Å²) >= 11 is 0. The molecule has 1 aromatic rings. The maximum absolute atomic E-state index is 12.3. The zero-order chi connectivity index (χ0) is 20.3. The quantitative estimate of drug-likeness (QED) is 0.404. The van der Waals surface area contributed by atoms with Crippen molar-refractivity contribution in [3.8, 4) is 0 Å². The summed E-state index contributed by atoms with van der Waals surface area (Å²) in [5.41, 5.74) is 0.603. The molecular formula is C17H25N3O8. The molecule has 1 saturated carbocycles. The van der Waals surface area contributed by atoms with Gasteiger partial charge in [-0.2, -0.15) is 4.98 Å². The van der Waals surface area contributed by atoms with E-state index in [0.717, 1.165) is 17.4 Å². The molecular weight excluding hydrogens is 374 g/mol. The molecule has 2 aliphatic rings. The molecule has 1 aliphatic heterocycles. The first-order chi connectivity index (χ1) is 13.4. The summed E-state index contributed by atoms with van der Waals surface area (Å²) < 4.78 is 11.9. The maximum Gasteiger partial charge on any atom is 0.363 e. The highest BCUT2D eigenvalue weighted by atomic mass is 16.7. The molecule has 156 valence electrons. The van der Waals surface area contributed by atoms with Gasteiger partial charge in [0.05, 0.1) is 6.61 Å². The molecule has 3 rings (SSSR count). The molecule has 0 aromatic carbocycles. The molecule has 0 amide bonds. The lowest BCUT2D eigenvalue weighted by Crippen LogP contribution is -2.49. The van der Waals surface area contributed by atoms with Gasteiger partial charge in [0.25, 0.3) is 0 Å². The monoisotopic (exact) mass is 399 g/mol. The summed E-state index contributed by atoms with van der Waals surface area (Å²) in [4.78, 5) is 33.3. The molecule has 0 spiro atoms. The van der Waals surface area contributed by atoms with E-state index in [1.165, 1.54) is 12.3 Å². The van der Waals surface area contributed by atoms with Crippen LogP contribution in [0.4, 0.5) is 5.82 Å². The van der Waals surface area contributed by atoms with Gasteiger partial charge in [0.15, 0.2) is 17.6 Å². The van der Waals surface area contributed by atoms with Crippen LogP contribution in [-0.2, 0) is 19.1 Å². The molecule has 0 radical (unpaired) electrons. The molecule has 1 aromatic heterocycles. The Kier molecular flexibility index (Phi) is 6.30. The molecule has 0 bridgehead atoms. The van der Waals surface area contributed by atoms with Gasteiger partial charge in [-0.1, -0.05) is 6.92 Å². The minimum absolute atomic E-state index is 0.00805. The fraction of sp³-hybridized carbons (Fsp3) is 0.706. The predicted molar refractivity (Wildman–Crippen MR) is 94.0 cm³/mol. The summed E-state index contributed by atoms with van der Waals surface area (Å²) in [6.45, 7) is 1.89. The number of hydrogen-bond acceptors (Lipinski definition) is 10. The molecule has 2 fully saturated rings. The Morgan fingerprint density at radius 3 is 2.71 bits per heavy atom. The van der Waals surface area contributed by atoms with Crippen molar-refractivity contribution in [2.24, 2.45) is 0 Å². The lowest BCUT2D eigenvalue weighted by Gasteiger charge is -2.38. The molecule has 11 heteroatoms. The van der Waals surface area contributed by atoms with Crippen molar-refractivity contribution < 1.29 is 34.4 Å². The number of carbonyl (C=O) groups is 1. The zero-order valence-electron chi connectivity index (χ0n) is 15.5. The van der Waals surface area contributed by atoms with Gasteiger partial charge in [-0.05, 0) is 25.7 Å². The normalized spacial score (nSPS) is 28.6. The second kappa shape index (κ2) is 8.53. The Balaban J connectivity index is 1.63. The minimum Gasteiger partial charge on any atom is -0.394 e. The molecule has 1 aliphatic carbocycles. The van der Waals surface area contributed by atoms with Crippen LogP contribution in [0.3, 0.4) is 0 Å². The van der Waals surface area contributed by atoms with Crippen LogP contribution in [0.1, 0.15) is 38.8 Å². The number of ether oxygens (including phenoxy) is 2. The topological polar surface area (TPSA) is 152 Å². The standard InChI is InChI=1S/C17H25N3O8/c1-2-8-26-17(5-3-6-17)15(24)28-19-11-4-7-20(16(25)18-11)14-13(23)12(22)10(9-21)27-14/h4,7,10,12-14,21-23H,2-3,5-6,8-9H2,1H3,(H,18,19,25)/t10-,12-,13-,14-/m1/s1. The first-order valence-corrected chi connectivity index (χ1v) is 9.25. The predicted octanol–water partition coefficient (Wildman–Crippen LogP) is -0.926. The summed E-state index contributed by atoms with van der Waals surface area (Å²) in [6, 6.07) is 1.35.